The van der Waals surface area contributed by atoms with Gasteiger partial charge in [-0.3, -0.25) is 0 Å². The van der Waals surface area contributed by atoms with Crippen LogP contribution in [0.3, 0.4) is 0 Å². The smallest absolute Gasteiger partial charge is 0.123 e. The lowest BCUT2D eigenvalue weighted by Gasteiger charge is -2.21. The highest BCUT2D eigenvalue weighted by Gasteiger charge is 2.22. The van der Waals surface area contributed by atoms with Gasteiger partial charge in [-0.2, -0.15) is 0 Å². The number of rotatable bonds is 6. The monoisotopic (exact) mass is 884 g/mol. The van der Waals surface area contributed by atoms with E-state index < -0.39 is 23.3 Å². The van der Waals surface area contributed by atoms with E-state index in [9.17, 15) is 17.6 Å². The van der Waals surface area contributed by atoms with Crippen LogP contribution in [0.4, 0.5) is 17.6 Å². The first-order chi connectivity index (χ1) is 33.3. The first-order valence-electron chi connectivity index (χ1n) is 22.5. The first kappa shape index (κ1) is 39.6. The molecule has 11 aromatic carbocycles. The van der Waals surface area contributed by atoms with Crippen LogP contribution < -0.4 is 0 Å². The van der Waals surface area contributed by atoms with Gasteiger partial charge in [0.2, 0.25) is 0 Å². The van der Waals surface area contributed by atoms with Gasteiger partial charge in [0, 0.05) is 32.9 Å². The molecule has 0 spiro atoms. The van der Waals surface area contributed by atoms with Crippen molar-refractivity contribution < 1.29 is 17.6 Å². The molecule has 2 nitrogen and oxygen atoms in total. The summed E-state index contributed by atoms with van der Waals surface area (Å²) in [5.41, 5.74) is 13.1. The van der Waals surface area contributed by atoms with E-state index in [0.717, 1.165) is 99.5 Å². The van der Waals surface area contributed by atoms with Crippen molar-refractivity contribution in [2.45, 2.75) is 0 Å². The molecule has 0 radical (unpaired) electrons. The molecule has 68 heavy (non-hydrogen) atoms. The van der Waals surface area contributed by atoms with Crippen molar-refractivity contribution in [3.63, 3.8) is 0 Å². The summed E-state index contributed by atoms with van der Waals surface area (Å²) in [5.74, 6) is -1.58. The zero-order valence-corrected chi connectivity index (χ0v) is 36.2. The fourth-order valence-corrected chi connectivity index (χ4v) is 10.5. The summed E-state index contributed by atoms with van der Waals surface area (Å²) in [6, 6.07) is 69.5. The van der Waals surface area contributed by atoms with Gasteiger partial charge in [-0.25, -0.2) is 17.6 Å². The largest absolute Gasteiger partial charge is 0.309 e. The number of aromatic nitrogens is 2. The summed E-state index contributed by atoms with van der Waals surface area (Å²) in [7, 11) is 0. The number of halogens is 4. The van der Waals surface area contributed by atoms with E-state index in [2.05, 4.69) is 118 Å². The van der Waals surface area contributed by atoms with E-state index in [1.54, 1.807) is 24.3 Å². The van der Waals surface area contributed by atoms with E-state index in [4.69, 9.17) is 0 Å². The van der Waals surface area contributed by atoms with Crippen molar-refractivity contribution in [1.82, 2.24) is 9.13 Å². The Balaban J connectivity index is 1.14. The molecule has 13 aromatic rings. The molecule has 2 heterocycles. The minimum absolute atomic E-state index is 0.394. The van der Waals surface area contributed by atoms with Crippen molar-refractivity contribution in [2.75, 3.05) is 0 Å². The van der Waals surface area contributed by atoms with E-state index in [1.165, 1.54) is 48.5 Å². The standard InChI is InChI=1S/C62H36F4N2/c63-43-19-27-57-51(31-43)52-32-44(64)20-28-58(52)67(57)47-24-26-50-55(35-47)61(41-15-11-39(12-16-41)37-7-3-1-4-8-37)49-25-23-48(68-59-29-21-45(65)33-53(59)54-34-46(66)22-30-60(54)68)36-56(49)62(50)42-17-13-40(14-18-42)38-9-5-2-6-10-38/h1-36H. The maximum absolute atomic E-state index is 14.9. The molecular formula is C62H36F4N2. The van der Waals surface area contributed by atoms with Crippen LogP contribution >= 0.6 is 0 Å². The SMILES string of the molecule is Fc1ccc2c(c1)c1cc(F)ccc1n2-c1ccc2c(-c3ccc(-c4ccccc4)cc3)c3cc(-n4c5ccc(F)cc5c5cc(F)ccc54)ccc3c(-c3ccc(-c4ccccc4)cc3)c2c1. The van der Waals surface area contributed by atoms with E-state index in [-0.39, 0.29) is 0 Å². The van der Waals surface area contributed by atoms with Gasteiger partial charge in [0.25, 0.3) is 0 Å². The Labute approximate surface area is 387 Å². The van der Waals surface area contributed by atoms with Gasteiger partial charge in [0.05, 0.1) is 22.1 Å². The molecule has 322 valence electrons. The highest BCUT2D eigenvalue weighted by atomic mass is 19.1. The Morgan fingerprint density at radius 1 is 0.221 bits per heavy atom. The van der Waals surface area contributed by atoms with Gasteiger partial charge in [0.1, 0.15) is 23.3 Å². The fraction of sp³-hybridized carbons (Fsp3) is 0. The van der Waals surface area contributed by atoms with Crippen LogP contribution in [0, 0.1) is 23.3 Å². The second-order valence-corrected chi connectivity index (χ2v) is 17.4. The van der Waals surface area contributed by atoms with Crippen LogP contribution in [0.2, 0.25) is 0 Å². The van der Waals surface area contributed by atoms with Crippen molar-refractivity contribution in [2.24, 2.45) is 0 Å². The summed E-state index contributed by atoms with van der Waals surface area (Å²) < 4.78 is 63.8. The Bertz CT molecular complexity index is 3760. The first-order valence-corrected chi connectivity index (χ1v) is 22.5. The molecule has 0 amide bonds. The highest BCUT2D eigenvalue weighted by molar-refractivity contribution is 6.23. The molecule has 0 unspecified atom stereocenters. The van der Waals surface area contributed by atoms with Crippen LogP contribution in [0.15, 0.2) is 218 Å². The van der Waals surface area contributed by atoms with Crippen LogP contribution in [0.25, 0.3) is 121 Å². The second kappa shape index (κ2) is 15.4. The molecule has 6 heteroatoms. The molecule has 0 saturated carbocycles. The summed E-state index contributed by atoms with van der Waals surface area (Å²) in [5, 5.41) is 6.46. The number of nitrogens with zero attached hydrogens (tertiary/aromatic N) is 2. The zero-order valence-electron chi connectivity index (χ0n) is 36.2. The second-order valence-electron chi connectivity index (χ2n) is 17.4. The lowest BCUT2D eigenvalue weighted by molar-refractivity contribution is 0.628. The molecule has 0 bridgehead atoms. The summed E-state index contributed by atoms with van der Waals surface area (Å²) in [6.07, 6.45) is 0. The summed E-state index contributed by atoms with van der Waals surface area (Å²) in [4.78, 5) is 0. The Kier molecular flexibility index (Phi) is 8.99. The highest BCUT2D eigenvalue weighted by Crippen LogP contribution is 2.47. The maximum atomic E-state index is 14.9. The summed E-state index contributed by atoms with van der Waals surface area (Å²) >= 11 is 0. The Hall–Kier alpha value is -8.74. The van der Waals surface area contributed by atoms with E-state index in [1.807, 2.05) is 36.4 Å². The third-order valence-electron chi connectivity index (χ3n) is 13.5. The summed E-state index contributed by atoms with van der Waals surface area (Å²) in [6.45, 7) is 0. The van der Waals surface area contributed by atoms with E-state index in [0.29, 0.717) is 21.5 Å². The Morgan fingerprint density at radius 3 is 0.838 bits per heavy atom. The van der Waals surface area contributed by atoms with Gasteiger partial charge in [0.15, 0.2) is 0 Å². The lowest BCUT2D eigenvalue weighted by Crippen LogP contribution is -1.98. The minimum Gasteiger partial charge on any atom is -0.309 e. The average molecular weight is 885 g/mol. The average Bonchev–Trinajstić information content (AvgIpc) is 3.86. The normalized spacial score (nSPS) is 11.8. The molecule has 13 rings (SSSR count). The molecule has 0 aliphatic heterocycles. The van der Waals surface area contributed by atoms with Crippen molar-refractivity contribution in [3.8, 4) is 55.9 Å². The van der Waals surface area contributed by atoms with Crippen LogP contribution in [-0.4, -0.2) is 9.13 Å². The van der Waals surface area contributed by atoms with Crippen molar-refractivity contribution >= 4 is 65.2 Å². The van der Waals surface area contributed by atoms with Crippen molar-refractivity contribution in [1.29, 1.82) is 0 Å². The van der Waals surface area contributed by atoms with Gasteiger partial charge in [-0.1, -0.05) is 121 Å². The third kappa shape index (κ3) is 6.33. The minimum atomic E-state index is -0.394. The molecular weight excluding hydrogens is 849 g/mol. The number of benzene rings is 11. The van der Waals surface area contributed by atoms with Crippen LogP contribution in [-0.2, 0) is 0 Å². The fourth-order valence-electron chi connectivity index (χ4n) is 10.5. The van der Waals surface area contributed by atoms with Gasteiger partial charge < -0.3 is 9.13 Å². The molecule has 0 aliphatic rings. The lowest BCUT2D eigenvalue weighted by atomic mass is 9.85. The molecule has 0 saturated heterocycles. The Morgan fingerprint density at radius 2 is 0.515 bits per heavy atom. The zero-order chi connectivity index (χ0) is 45.6. The molecule has 2 aromatic heterocycles. The third-order valence-corrected chi connectivity index (χ3v) is 13.5. The number of hydrogen-bond acceptors (Lipinski definition) is 0. The van der Waals surface area contributed by atoms with Gasteiger partial charge >= 0.3 is 0 Å². The topological polar surface area (TPSA) is 9.86 Å². The predicted octanol–water partition coefficient (Wildman–Crippen LogP) is 17.4. The molecule has 0 fully saturated rings. The van der Waals surface area contributed by atoms with E-state index >= 15 is 0 Å². The van der Waals surface area contributed by atoms with Crippen molar-refractivity contribution in [3.05, 3.63) is 242 Å². The maximum Gasteiger partial charge on any atom is 0.123 e. The van der Waals surface area contributed by atoms with Gasteiger partial charge in [-0.05, 0) is 163 Å². The quantitative estimate of drug-likeness (QED) is 0.116. The van der Waals surface area contributed by atoms with Crippen LogP contribution in [0.1, 0.15) is 0 Å². The van der Waals surface area contributed by atoms with Crippen LogP contribution in [0.5, 0.6) is 0 Å². The molecule has 0 atom stereocenters. The molecule has 0 aliphatic carbocycles. The van der Waals surface area contributed by atoms with Gasteiger partial charge in [-0.15, -0.1) is 0 Å². The molecule has 0 N–H and O–H groups in total. The number of hydrogen-bond donors (Lipinski definition) is 0. The predicted molar refractivity (Wildman–Crippen MR) is 272 cm³/mol. The number of fused-ring (bicyclic) bond motifs is 8.